The second kappa shape index (κ2) is 32.1. The first-order chi connectivity index (χ1) is 43.5. The van der Waals surface area contributed by atoms with E-state index in [1.165, 1.54) is 69.9 Å². The molecular formula is C77H102FN5O7. The lowest BCUT2D eigenvalue weighted by Gasteiger charge is -2.58. The summed E-state index contributed by atoms with van der Waals surface area (Å²) in [4.78, 5) is 55.2. The zero-order chi connectivity index (χ0) is 63.7. The van der Waals surface area contributed by atoms with E-state index >= 15 is 0 Å². The van der Waals surface area contributed by atoms with Crippen LogP contribution in [-0.4, -0.2) is 73.7 Å². The van der Waals surface area contributed by atoms with E-state index in [1.54, 1.807) is 49.1 Å². The Morgan fingerprint density at radius 2 is 1.36 bits per heavy atom. The fourth-order valence-corrected chi connectivity index (χ4v) is 16.5. The molecule has 3 saturated carbocycles. The monoisotopic (exact) mass is 1230 g/mol. The van der Waals surface area contributed by atoms with Crippen molar-refractivity contribution >= 4 is 29.3 Å². The number of aliphatic hydroxyl groups is 1. The number of fused-ring (bicyclic) bond motifs is 5. The molecule has 484 valence electrons. The lowest BCUT2D eigenvalue weighted by molar-refractivity contribution is -0.128. The van der Waals surface area contributed by atoms with Crippen molar-refractivity contribution in [1.29, 1.82) is 0 Å². The fraction of sp³-hybridized carbons (Fsp3) is 0.532. The number of carbonyl (C=O) groups is 4. The molecule has 10 atom stereocenters. The minimum Gasteiger partial charge on any atom is -0.497 e. The highest BCUT2D eigenvalue weighted by Crippen LogP contribution is 2.67. The van der Waals surface area contributed by atoms with Crippen LogP contribution >= 0.6 is 0 Å². The molecule has 3 fully saturated rings. The molecule has 0 bridgehead atoms. The van der Waals surface area contributed by atoms with Gasteiger partial charge in [-0.1, -0.05) is 163 Å². The maximum atomic E-state index is 14.2. The van der Waals surface area contributed by atoms with Crippen LogP contribution in [-0.2, 0) is 42.5 Å². The van der Waals surface area contributed by atoms with E-state index in [2.05, 4.69) is 104 Å². The number of ether oxygens (including phenoxy) is 2. The van der Waals surface area contributed by atoms with Gasteiger partial charge in [0.05, 0.1) is 25.4 Å². The highest BCUT2D eigenvalue weighted by molar-refractivity contribution is 5.97. The molecule has 0 aromatic heterocycles. The van der Waals surface area contributed by atoms with Crippen molar-refractivity contribution in [3.8, 4) is 5.75 Å². The molecule has 0 unspecified atom stereocenters. The van der Waals surface area contributed by atoms with Crippen molar-refractivity contribution in [2.75, 3.05) is 32.1 Å². The standard InChI is InChI=1S/C77H102FN5O7/c1-53(2)17-15-18-54(3)67-38-39-68-66-37-30-60-50-65(42-44-75(60,4)69(66)43-45-76(67,68)5)90-48-16-46-79-71(85)40-41-72(86)81-63(49-55-24-31-61(78)32-25-55)51-73(87)83-70(74(88)82-62-33-26-56(52-84)27-34-62)23-13-14-47-80-77(57-19-9-7-10-20-57,58-21-11-8-12-22-58)59-28-35-64(89-6)36-29-59/h7-12,19-22,24-36,53-54,63,65-70,80,84H,13-18,23,37-52H2,1-6H3,(H,79,85)(H,81,86)(H,82,88)(H,83,87)/t54-,63+,65+,66+,67-,68+,69+,70+,75+,76-/m1/s1. The van der Waals surface area contributed by atoms with Gasteiger partial charge < -0.3 is 35.8 Å². The number of methoxy groups -OCH3 is 1. The summed E-state index contributed by atoms with van der Waals surface area (Å²) in [5.41, 5.74) is 6.66. The Balaban J connectivity index is 0.757. The molecule has 12 nitrogen and oxygen atoms in total. The molecular weight excluding hydrogens is 1130 g/mol. The molecule has 6 N–H and O–H groups in total. The van der Waals surface area contributed by atoms with Gasteiger partial charge in [-0.15, -0.1) is 0 Å². The number of amides is 4. The lowest BCUT2D eigenvalue weighted by atomic mass is 9.47. The van der Waals surface area contributed by atoms with Gasteiger partial charge in [0.1, 0.15) is 17.6 Å². The van der Waals surface area contributed by atoms with Crippen LogP contribution in [0.25, 0.3) is 0 Å². The van der Waals surface area contributed by atoms with E-state index in [0.29, 0.717) is 67.6 Å². The van der Waals surface area contributed by atoms with Crippen LogP contribution in [0.4, 0.5) is 10.1 Å². The van der Waals surface area contributed by atoms with Crippen LogP contribution < -0.4 is 31.3 Å². The van der Waals surface area contributed by atoms with Crippen molar-refractivity contribution in [3.63, 3.8) is 0 Å². The molecule has 0 spiro atoms. The molecule has 0 radical (unpaired) electrons. The number of unbranched alkanes of at least 4 members (excludes halogenated alkanes) is 1. The van der Waals surface area contributed by atoms with Gasteiger partial charge in [-0.25, -0.2) is 4.39 Å². The van der Waals surface area contributed by atoms with Crippen molar-refractivity contribution in [2.24, 2.45) is 46.3 Å². The number of anilines is 1. The zero-order valence-electron chi connectivity index (χ0n) is 54.5. The summed E-state index contributed by atoms with van der Waals surface area (Å²) in [5.74, 6) is 3.70. The summed E-state index contributed by atoms with van der Waals surface area (Å²) in [6.45, 7) is 13.9. The van der Waals surface area contributed by atoms with Gasteiger partial charge >= 0.3 is 0 Å². The highest BCUT2D eigenvalue weighted by atomic mass is 19.1. The third-order valence-electron chi connectivity index (χ3n) is 21.3. The SMILES string of the molecule is COc1ccc(C(NCCCC[C@H](NC(=O)C[C@H](Cc2ccc(F)cc2)NC(=O)CCC(=O)NCCCO[C@H]2CC[C@@]3(C)C(=CC[C@H]4[C@@H]5CC[C@H]([C@H](C)CCCC(C)C)[C@@]5(C)CC[C@@H]43)C2)C(=O)Nc2ccc(CO)cc2)(c2ccccc2)c2ccccc2)cc1. The predicted octanol–water partition coefficient (Wildman–Crippen LogP) is 14.3. The minimum atomic E-state index is -0.950. The number of rotatable bonds is 32. The van der Waals surface area contributed by atoms with Gasteiger partial charge in [0.2, 0.25) is 23.6 Å². The van der Waals surface area contributed by atoms with Crippen LogP contribution in [0.2, 0.25) is 0 Å². The number of hydrogen-bond acceptors (Lipinski definition) is 8. The maximum Gasteiger partial charge on any atom is 0.246 e. The second-order valence-electron chi connectivity index (χ2n) is 27.6. The number of carbonyl (C=O) groups excluding carboxylic acids is 4. The average Bonchev–Trinajstić information content (AvgIpc) is 1.37. The third kappa shape index (κ3) is 17.1. The third-order valence-corrected chi connectivity index (χ3v) is 21.3. The van der Waals surface area contributed by atoms with Crippen LogP contribution in [0.15, 0.2) is 145 Å². The molecule has 0 saturated heterocycles. The van der Waals surface area contributed by atoms with Gasteiger partial charge in [-0.2, -0.15) is 0 Å². The van der Waals surface area contributed by atoms with Crippen molar-refractivity contribution in [1.82, 2.24) is 21.3 Å². The Morgan fingerprint density at radius 1 is 0.678 bits per heavy atom. The summed E-state index contributed by atoms with van der Waals surface area (Å²) >= 11 is 0. The summed E-state index contributed by atoms with van der Waals surface area (Å²) in [6, 6.07) is 39.7. The Bertz CT molecular complexity index is 3080. The van der Waals surface area contributed by atoms with E-state index in [1.807, 2.05) is 48.5 Å². The normalized spacial score (nSPS) is 23.0. The molecule has 4 amide bonds. The molecule has 90 heavy (non-hydrogen) atoms. The minimum absolute atomic E-state index is 0.0357. The zero-order valence-corrected chi connectivity index (χ0v) is 54.5. The summed E-state index contributed by atoms with van der Waals surface area (Å²) < 4.78 is 26.1. The predicted molar refractivity (Wildman–Crippen MR) is 357 cm³/mol. The number of aliphatic hydroxyl groups excluding tert-OH is 1. The van der Waals surface area contributed by atoms with Gasteiger partial charge in [0.25, 0.3) is 0 Å². The molecule has 13 heteroatoms. The number of allylic oxidation sites excluding steroid dienone is 1. The van der Waals surface area contributed by atoms with Gasteiger partial charge in [-0.3, -0.25) is 24.5 Å². The van der Waals surface area contributed by atoms with E-state index < -0.39 is 41.2 Å². The van der Waals surface area contributed by atoms with Crippen molar-refractivity contribution in [2.45, 2.75) is 187 Å². The van der Waals surface area contributed by atoms with Gasteiger partial charge in [-0.05, 0) is 201 Å². The second-order valence-corrected chi connectivity index (χ2v) is 27.6. The molecule has 5 aromatic carbocycles. The van der Waals surface area contributed by atoms with Gasteiger partial charge in [0, 0.05) is 44.1 Å². The first-order valence-electron chi connectivity index (χ1n) is 33.9. The van der Waals surface area contributed by atoms with Crippen molar-refractivity contribution < 1.29 is 38.1 Å². The Kier molecular flexibility index (Phi) is 24.1. The Labute approximate surface area is 536 Å². The first-order valence-corrected chi connectivity index (χ1v) is 33.9. The number of nitrogens with one attached hydrogen (secondary N) is 5. The van der Waals surface area contributed by atoms with E-state index in [4.69, 9.17) is 9.47 Å². The van der Waals surface area contributed by atoms with E-state index in [0.717, 1.165) is 70.8 Å². The summed E-state index contributed by atoms with van der Waals surface area (Å²) in [5, 5.41) is 25.5. The number of benzene rings is 5. The van der Waals surface area contributed by atoms with Crippen LogP contribution in [0.1, 0.15) is 178 Å². The Hall–Kier alpha value is -6.67. The van der Waals surface area contributed by atoms with E-state index in [9.17, 15) is 28.7 Å². The van der Waals surface area contributed by atoms with Gasteiger partial charge in [0.15, 0.2) is 0 Å². The molecule has 9 rings (SSSR count). The first kappa shape index (κ1) is 67.7. The largest absolute Gasteiger partial charge is 0.497 e. The smallest absolute Gasteiger partial charge is 0.246 e. The van der Waals surface area contributed by atoms with Crippen LogP contribution in [0.3, 0.4) is 0 Å². The topological polar surface area (TPSA) is 167 Å². The number of halogens is 1. The maximum absolute atomic E-state index is 14.2. The van der Waals surface area contributed by atoms with Crippen LogP contribution in [0, 0.1) is 52.2 Å². The average molecular weight is 1230 g/mol. The quantitative estimate of drug-likeness (QED) is 0.0141. The molecule has 5 aromatic rings. The highest BCUT2D eigenvalue weighted by Gasteiger charge is 2.59. The lowest BCUT2D eigenvalue weighted by Crippen LogP contribution is -2.51. The van der Waals surface area contributed by atoms with Crippen LogP contribution in [0.5, 0.6) is 5.75 Å². The fourth-order valence-electron chi connectivity index (χ4n) is 16.5. The summed E-state index contributed by atoms with van der Waals surface area (Å²) in [6.07, 6.45) is 19.0. The molecule has 0 aliphatic heterocycles. The number of hydrogen-bond donors (Lipinski definition) is 6. The Morgan fingerprint density at radius 3 is 2.03 bits per heavy atom. The molecule has 0 heterocycles. The summed E-state index contributed by atoms with van der Waals surface area (Å²) in [7, 11) is 1.65. The molecule has 4 aliphatic carbocycles. The van der Waals surface area contributed by atoms with E-state index in [-0.39, 0.29) is 49.7 Å². The van der Waals surface area contributed by atoms with Crippen molar-refractivity contribution in [3.05, 3.63) is 179 Å². The molecule has 4 aliphatic rings.